The normalized spacial score (nSPS) is 20.6. The Morgan fingerprint density at radius 2 is 2.05 bits per heavy atom. The first-order valence-electron chi connectivity index (χ1n) is 7.19. The number of likely N-dealkylation sites (N-methyl/N-ethyl adjacent to an activating group) is 1. The van der Waals surface area contributed by atoms with Crippen molar-refractivity contribution in [3.8, 4) is 0 Å². The van der Waals surface area contributed by atoms with Crippen LogP contribution in [0.1, 0.15) is 17.8 Å². The Hall–Kier alpha value is -0.960. The summed E-state index contributed by atoms with van der Waals surface area (Å²) in [5.41, 5.74) is 6.77. The minimum absolute atomic E-state index is 0.277. The third kappa shape index (κ3) is 2.98. The Bertz CT molecular complexity index is 608. The SMILES string of the molecule is Cc1nn(CCN)c(C)c1S(=O)(=O)N1CCC(N(C)C)C1. The first-order chi connectivity index (χ1) is 9.78. The van der Waals surface area contributed by atoms with Crippen LogP contribution in [0.4, 0.5) is 0 Å². The van der Waals surface area contributed by atoms with E-state index in [1.165, 1.54) is 0 Å². The fraction of sp³-hybridized carbons (Fsp3) is 0.769. The predicted octanol–water partition coefficient (Wildman–Crippen LogP) is -0.217. The van der Waals surface area contributed by atoms with E-state index in [2.05, 4.69) is 10.00 Å². The molecule has 8 heteroatoms. The molecule has 1 aromatic heterocycles. The molecule has 0 radical (unpaired) electrons. The van der Waals surface area contributed by atoms with Crippen LogP contribution in [0.15, 0.2) is 4.90 Å². The zero-order valence-electron chi connectivity index (χ0n) is 13.2. The first-order valence-corrected chi connectivity index (χ1v) is 8.63. The van der Waals surface area contributed by atoms with Crippen molar-refractivity contribution in [3.05, 3.63) is 11.4 Å². The van der Waals surface area contributed by atoms with Gasteiger partial charge in [0.2, 0.25) is 10.0 Å². The van der Waals surface area contributed by atoms with E-state index in [1.54, 1.807) is 22.8 Å². The molecule has 1 aromatic rings. The van der Waals surface area contributed by atoms with E-state index >= 15 is 0 Å². The van der Waals surface area contributed by atoms with Crippen molar-refractivity contribution < 1.29 is 8.42 Å². The molecule has 2 rings (SSSR count). The van der Waals surface area contributed by atoms with Crippen LogP contribution in [0, 0.1) is 13.8 Å². The molecule has 0 amide bonds. The number of aryl methyl sites for hydroxylation is 1. The van der Waals surface area contributed by atoms with Gasteiger partial charge in [0.1, 0.15) is 4.90 Å². The van der Waals surface area contributed by atoms with Gasteiger partial charge < -0.3 is 10.6 Å². The fourth-order valence-electron chi connectivity index (χ4n) is 2.87. The Morgan fingerprint density at radius 3 is 2.57 bits per heavy atom. The van der Waals surface area contributed by atoms with Gasteiger partial charge in [-0.2, -0.15) is 9.40 Å². The average Bonchev–Trinajstić information content (AvgIpc) is 2.96. The van der Waals surface area contributed by atoms with E-state index in [0.29, 0.717) is 42.5 Å². The number of hydrogen-bond donors (Lipinski definition) is 1. The second-order valence-corrected chi connectivity index (χ2v) is 7.66. The summed E-state index contributed by atoms with van der Waals surface area (Å²) in [6.07, 6.45) is 0.862. The van der Waals surface area contributed by atoms with Crippen molar-refractivity contribution in [1.29, 1.82) is 0 Å². The van der Waals surface area contributed by atoms with Gasteiger partial charge in [-0.25, -0.2) is 8.42 Å². The van der Waals surface area contributed by atoms with E-state index in [9.17, 15) is 8.42 Å². The van der Waals surface area contributed by atoms with Gasteiger partial charge in [-0.3, -0.25) is 4.68 Å². The van der Waals surface area contributed by atoms with Gasteiger partial charge in [0.25, 0.3) is 0 Å². The molecule has 1 atom stereocenters. The van der Waals surface area contributed by atoms with E-state index in [0.717, 1.165) is 6.42 Å². The largest absolute Gasteiger partial charge is 0.329 e. The van der Waals surface area contributed by atoms with E-state index < -0.39 is 10.0 Å². The minimum atomic E-state index is -3.48. The zero-order chi connectivity index (χ0) is 15.8. The number of nitrogens with zero attached hydrogens (tertiary/aromatic N) is 4. The van der Waals surface area contributed by atoms with Crippen molar-refractivity contribution in [2.45, 2.75) is 37.8 Å². The number of sulfonamides is 1. The molecule has 2 heterocycles. The Kier molecular flexibility index (Phi) is 4.72. The lowest BCUT2D eigenvalue weighted by Gasteiger charge is -2.20. The van der Waals surface area contributed by atoms with Crippen LogP contribution in [0.5, 0.6) is 0 Å². The summed E-state index contributed by atoms with van der Waals surface area (Å²) in [5.74, 6) is 0. The van der Waals surface area contributed by atoms with Crippen LogP contribution in [0.25, 0.3) is 0 Å². The van der Waals surface area contributed by atoms with Crippen LogP contribution in [-0.2, 0) is 16.6 Å². The highest BCUT2D eigenvalue weighted by molar-refractivity contribution is 7.89. The molecule has 1 unspecified atom stereocenters. The van der Waals surface area contributed by atoms with Crippen molar-refractivity contribution in [2.75, 3.05) is 33.7 Å². The van der Waals surface area contributed by atoms with Gasteiger partial charge in [-0.15, -0.1) is 0 Å². The van der Waals surface area contributed by atoms with Crippen molar-refractivity contribution in [2.24, 2.45) is 5.73 Å². The molecule has 0 bridgehead atoms. The second-order valence-electron chi connectivity index (χ2n) is 5.78. The Balaban J connectivity index is 2.33. The van der Waals surface area contributed by atoms with Crippen molar-refractivity contribution in [3.63, 3.8) is 0 Å². The lowest BCUT2D eigenvalue weighted by atomic mass is 10.2. The van der Waals surface area contributed by atoms with Gasteiger partial charge in [0, 0.05) is 25.7 Å². The summed E-state index contributed by atoms with van der Waals surface area (Å²) >= 11 is 0. The molecule has 2 N–H and O–H groups in total. The van der Waals surface area contributed by atoms with Gasteiger partial charge >= 0.3 is 0 Å². The minimum Gasteiger partial charge on any atom is -0.329 e. The van der Waals surface area contributed by atoms with E-state index in [-0.39, 0.29) is 6.04 Å². The molecule has 0 saturated carbocycles. The summed E-state index contributed by atoms with van der Waals surface area (Å²) in [6, 6.07) is 0.277. The van der Waals surface area contributed by atoms with Crippen LogP contribution < -0.4 is 5.73 Å². The molecule has 1 aliphatic rings. The molecular weight excluding hydrogens is 290 g/mol. The maximum Gasteiger partial charge on any atom is 0.246 e. The molecule has 120 valence electrons. The average molecular weight is 315 g/mol. The van der Waals surface area contributed by atoms with E-state index in [4.69, 9.17) is 5.73 Å². The highest BCUT2D eigenvalue weighted by atomic mass is 32.2. The lowest BCUT2D eigenvalue weighted by Crippen LogP contribution is -2.34. The van der Waals surface area contributed by atoms with Crippen molar-refractivity contribution in [1.82, 2.24) is 19.0 Å². The fourth-order valence-corrected chi connectivity index (χ4v) is 4.74. The van der Waals surface area contributed by atoms with Crippen LogP contribution in [-0.4, -0.2) is 67.2 Å². The highest BCUT2D eigenvalue weighted by Gasteiger charge is 2.36. The molecule has 0 aliphatic carbocycles. The predicted molar refractivity (Wildman–Crippen MR) is 81.6 cm³/mol. The van der Waals surface area contributed by atoms with Gasteiger partial charge in [0.05, 0.1) is 17.9 Å². The molecule has 21 heavy (non-hydrogen) atoms. The summed E-state index contributed by atoms with van der Waals surface area (Å²) in [4.78, 5) is 2.42. The van der Waals surface area contributed by atoms with Crippen LogP contribution >= 0.6 is 0 Å². The Labute approximate surface area is 126 Å². The number of hydrogen-bond acceptors (Lipinski definition) is 5. The molecule has 1 saturated heterocycles. The quantitative estimate of drug-likeness (QED) is 0.812. The summed E-state index contributed by atoms with van der Waals surface area (Å²) < 4.78 is 29.0. The first kappa shape index (κ1) is 16.4. The molecule has 7 nitrogen and oxygen atoms in total. The summed E-state index contributed by atoms with van der Waals surface area (Å²) in [5, 5.41) is 4.31. The maximum atomic E-state index is 12.9. The third-order valence-corrected chi connectivity index (χ3v) is 6.23. The highest BCUT2D eigenvalue weighted by Crippen LogP contribution is 2.27. The molecule has 0 aromatic carbocycles. The number of rotatable bonds is 5. The van der Waals surface area contributed by atoms with Crippen LogP contribution in [0.2, 0.25) is 0 Å². The Morgan fingerprint density at radius 1 is 1.38 bits per heavy atom. The topological polar surface area (TPSA) is 84.5 Å². The van der Waals surface area contributed by atoms with Gasteiger partial charge in [-0.05, 0) is 34.4 Å². The zero-order valence-corrected chi connectivity index (χ0v) is 14.0. The van der Waals surface area contributed by atoms with Gasteiger partial charge in [0.15, 0.2) is 0 Å². The molecule has 1 fully saturated rings. The van der Waals surface area contributed by atoms with Crippen LogP contribution in [0.3, 0.4) is 0 Å². The van der Waals surface area contributed by atoms with Gasteiger partial charge in [-0.1, -0.05) is 0 Å². The third-order valence-electron chi connectivity index (χ3n) is 4.11. The lowest BCUT2D eigenvalue weighted by molar-refractivity contribution is 0.302. The standard InChI is InChI=1S/C13H25N5O2S/c1-10-13(11(2)18(15-10)8-6-14)21(19,20)17-7-5-12(9-17)16(3)4/h12H,5-9,14H2,1-4H3. The molecule has 0 spiro atoms. The van der Waals surface area contributed by atoms with Crippen molar-refractivity contribution >= 4 is 10.0 Å². The molecular formula is C13H25N5O2S. The smallest absolute Gasteiger partial charge is 0.246 e. The summed E-state index contributed by atoms with van der Waals surface area (Å²) in [6.45, 7) is 5.60. The molecule has 1 aliphatic heterocycles. The summed E-state index contributed by atoms with van der Waals surface area (Å²) in [7, 11) is 0.484. The number of aromatic nitrogens is 2. The maximum absolute atomic E-state index is 12.9. The monoisotopic (exact) mass is 315 g/mol. The number of nitrogens with two attached hydrogens (primary N) is 1. The van der Waals surface area contributed by atoms with E-state index in [1.807, 2.05) is 14.1 Å². The second kappa shape index (κ2) is 6.04.